The van der Waals surface area contributed by atoms with E-state index in [0.717, 1.165) is 36.1 Å². The zero-order chi connectivity index (χ0) is 17.8. The summed E-state index contributed by atoms with van der Waals surface area (Å²) in [5, 5.41) is 8.00. The lowest BCUT2D eigenvalue weighted by Crippen LogP contribution is -2.08. The van der Waals surface area contributed by atoms with E-state index in [1.54, 1.807) is 0 Å². The number of hydrogen-bond donors (Lipinski definition) is 3. The lowest BCUT2D eigenvalue weighted by atomic mass is 10.1. The quantitative estimate of drug-likeness (QED) is 0.476. The second kappa shape index (κ2) is 7.27. The number of para-hydroxylation sites is 2. The number of nitrogens with zero attached hydrogens (tertiary/aromatic N) is 2. The van der Waals surface area contributed by atoms with Gasteiger partial charge in [0.2, 0.25) is 0 Å². The van der Waals surface area contributed by atoms with E-state index >= 15 is 0 Å². The van der Waals surface area contributed by atoms with E-state index in [-0.39, 0.29) is 0 Å². The molecule has 2 heterocycles. The van der Waals surface area contributed by atoms with E-state index in [4.69, 9.17) is 0 Å². The third kappa shape index (κ3) is 3.67. The Morgan fingerprint density at radius 3 is 2.58 bits per heavy atom. The first-order valence-corrected chi connectivity index (χ1v) is 8.74. The third-order valence-electron chi connectivity index (χ3n) is 4.26. The molecule has 0 saturated carbocycles. The molecule has 5 nitrogen and oxygen atoms in total. The highest BCUT2D eigenvalue weighted by Crippen LogP contribution is 2.19. The number of aromatic nitrogens is 3. The van der Waals surface area contributed by atoms with Crippen LogP contribution in [-0.4, -0.2) is 21.5 Å². The number of H-pyrrole nitrogens is 1. The molecule has 3 N–H and O–H groups in total. The van der Waals surface area contributed by atoms with Gasteiger partial charge in [-0.2, -0.15) is 0 Å². The van der Waals surface area contributed by atoms with E-state index in [2.05, 4.69) is 50.0 Å². The van der Waals surface area contributed by atoms with E-state index in [9.17, 15) is 0 Å². The van der Waals surface area contributed by atoms with Crippen molar-refractivity contribution in [1.82, 2.24) is 15.0 Å². The molecule has 2 aromatic heterocycles. The number of rotatable bonds is 6. The largest absolute Gasteiger partial charge is 0.370 e. The fourth-order valence-corrected chi connectivity index (χ4v) is 3.06. The van der Waals surface area contributed by atoms with Gasteiger partial charge in [-0.05, 0) is 37.1 Å². The van der Waals surface area contributed by atoms with Crippen molar-refractivity contribution in [2.24, 2.45) is 0 Å². The molecule has 0 aliphatic heterocycles. The van der Waals surface area contributed by atoms with E-state index in [1.807, 2.05) is 49.4 Å². The van der Waals surface area contributed by atoms with Gasteiger partial charge in [0.1, 0.15) is 17.5 Å². The lowest BCUT2D eigenvalue weighted by molar-refractivity contribution is 0.988. The fourth-order valence-electron chi connectivity index (χ4n) is 3.06. The van der Waals surface area contributed by atoms with Crippen molar-refractivity contribution in [2.75, 3.05) is 17.2 Å². The minimum atomic E-state index is 0.737. The predicted molar refractivity (Wildman–Crippen MR) is 107 cm³/mol. The van der Waals surface area contributed by atoms with Crippen LogP contribution >= 0.6 is 0 Å². The summed E-state index contributed by atoms with van der Waals surface area (Å²) >= 11 is 0. The van der Waals surface area contributed by atoms with Crippen LogP contribution < -0.4 is 10.6 Å². The molecule has 4 rings (SSSR count). The van der Waals surface area contributed by atoms with Crippen molar-refractivity contribution < 1.29 is 0 Å². The summed E-state index contributed by atoms with van der Waals surface area (Å²) < 4.78 is 0. The van der Waals surface area contributed by atoms with Gasteiger partial charge in [-0.3, -0.25) is 0 Å². The van der Waals surface area contributed by atoms with Gasteiger partial charge in [0.15, 0.2) is 0 Å². The number of nitrogens with one attached hydrogen (secondary N) is 3. The molecule has 0 radical (unpaired) electrons. The molecular formula is C21H21N5. The molecule has 4 aromatic rings. The summed E-state index contributed by atoms with van der Waals surface area (Å²) in [5.41, 5.74) is 3.49. The molecule has 0 aliphatic carbocycles. The minimum absolute atomic E-state index is 0.737. The Hall–Kier alpha value is -3.34. The molecule has 0 aliphatic rings. The Morgan fingerprint density at radius 2 is 1.69 bits per heavy atom. The number of benzene rings is 2. The summed E-state index contributed by atoms with van der Waals surface area (Å²) in [4.78, 5) is 12.3. The Balaban J connectivity index is 1.43. The Morgan fingerprint density at radius 1 is 0.923 bits per heavy atom. The number of hydrogen-bond acceptors (Lipinski definition) is 4. The van der Waals surface area contributed by atoms with E-state index < -0.39 is 0 Å². The van der Waals surface area contributed by atoms with Crippen LogP contribution in [0.2, 0.25) is 0 Å². The minimum Gasteiger partial charge on any atom is -0.370 e. The van der Waals surface area contributed by atoms with Crippen LogP contribution in [0, 0.1) is 6.92 Å². The fraction of sp³-hybridized carbons (Fsp3) is 0.143. The zero-order valence-corrected chi connectivity index (χ0v) is 14.7. The predicted octanol–water partition coefficient (Wildman–Crippen LogP) is 4.66. The summed E-state index contributed by atoms with van der Waals surface area (Å²) in [6, 6.07) is 20.3. The van der Waals surface area contributed by atoms with E-state index in [1.165, 1.54) is 16.5 Å². The average molecular weight is 343 g/mol. The summed E-state index contributed by atoms with van der Waals surface area (Å²) in [5.74, 6) is 2.36. The highest BCUT2D eigenvalue weighted by molar-refractivity contribution is 5.83. The van der Waals surface area contributed by atoms with Gasteiger partial charge in [0, 0.05) is 35.4 Å². The van der Waals surface area contributed by atoms with Gasteiger partial charge in [-0.25, -0.2) is 9.97 Å². The van der Waals surface area contributed by atoms with Gasteiger partial charge in [0.25, 0.3) is 0 Å². The second-order valence-corrected chi connectivity index (χ2v) is 6.21. The van der Waals surface area contributed by atoms with Crippen molar-refractivity contribution in [1.29, 1.82) is 0 Å². The maximum atomic E-state index is 4.49. The van der Waals surface area contributed by atoms with Crippen LogP contribution in [0.5, 0.6) is 0 Å². The monoisotopic (exact) mass is 343 g/mol. The van der Waals surface area contributed by atoms with Crippen LogP contribution in [0.15, 0.2) is 66.9 Å². The SMILES string of the molecule is Cc1nc(NCCc2c[nH]c3ccccc23)cc(Nc2ccccc2)n1. The average Bonchev–Trinajstić information content (AvgIpc) is 3.05. The number of fused-ring (bicyclic) bond motifs is 1. The molecule has 0 fully saturated rings. The topological polar surface area (TPSA) is 65.6 Å². The first kappa shape index (κ1) is 16.1. The van der Waals surface area contributed by atoms with Crippen molar-refractivity contribution in [3.05, 3.63) is 78.2 Å². The van der Waals surface area contributed by atoms with Gasteiger partial charge in [0.05, 0.1) is 0 Å². The van der Waals surface area contributed by atoms with Gasteiger partial charge in [-0.15, -0.1) is 0 Å². The van der Waals surface area contributed by atoms with Crippen LogP contribution in [0.25, 0.3) is 10.9 Å². The molecular weight excluding hydrogens is 322 g/mol. The summed E-state index contributed by atoms with van der Waals surface area (Å²) in [6.07, 6.45) is 3.01. The molecule has 5 heteroatoms. The number of aryl methyl sites for hydroxylation is 1. The Bertz CT molecular complexity index is 1010. The lowest BCUT2D eigenvalue weighted by Gasteiger charge is -2.10. The van der Waals surface area contributed by atoms with Crippen molar-refractivity contribution >= 4 is 28.2 Å². The highest BCUT2D eigenvalue weighted by atomic mass is 15.1. The van der Waals surface area contributed by atoms with Crippen LogP contribution in [0.1, 0.15) is 11.4 Å². The van der Waals surface area contributed by atoms with Crippen LogP contribution in [0.4, 0.5) is 17.3 Å². The third-order valence-corrected chi connectivity index (χ3v) is 4.26. The standard InChI is InChI=1S/C21H21N5/c1-15-24-20(13-21(25-15)26-17-7-3-2-4-8-17)22-12-11-16-14-23-19-10-6-5-9-18(16)19/h2-10,13-14,23H,11-12H2,1H3,(H2,22,24,25,26). The molecule has 130 valence electrons. The normalized spacial score (nSPS) is 10.8. The molecule has 0 saturated heterocycles. The molecule has 26 heavy (non-hydrogen) atoms. The molecule has 0 bridgehead atoms. The smallest absolute Gasteiger partial charge is 0.136 e. The van der Waals surface area contributed by atoms with Crippen LogP contribution in [-0.2, 0) is 6.42 Å². The second-order valence-electron chi connectivity index (χ2n) is 6.21. The highest BCUT2D eigenvalue weighted by Gasteiger charge is 2.05. The summed E-state index contributed by atoms with van der Waals surface area (Å²) in [7, 11) is 0. The molecule has 0 atom stereocenters. The van der Waals surface area contributed by atoms with Gasteiger partial charge in [-0.1, -0.05) is 36.4 Å². The van der Waals surface area contributed by atoms with Gasteiger partial charge < -0.3 is 15.6 Å². The molecule has 0 amide bonds. The first-order chi connectivity index (χ1) is 12.8. The van der Waals surface area contributed by atoms with Gasteiger partial charge >= 0.3 is 0 Å². The summed E-state index contributed by atoms with van der Waals surface area (Å²) in [6.45, 7) is 2.71. The van der Waals surface area contributed by atoms with Crippen molar-refractivity contribution in [3.8, 4) is 0 Å². The molecule has 0 spiro atoms. The Labute approximate surface area is 152 Å². The Kier molecular flexibility index (Phi) is 4.51. The van der Waals surface area contributed by atoms with E-state index in [0.29, 0.717) is 0 Å². The maximum absolute atomic E-state index is 4.49. The maximum Gasteiger partial charge on any atom is 0.136 e. The van der Waals surface area contributed by atoms with Crippen molar-refractivity contribution in [2.45, 2.75) is 13.3 Å². The number of anilines is 3. The molecule has 0 unspecified atom stereocenters. The van der Waals surface area contributed by atoms with Crippen molar-refractivity contribution in [3.63, 3.8) is 0 Å². The first-order valence-electron chi connectivity index (χ1n) is 8.74. The van der Waals surface area contributed by atoms with Crippen LogP contribution in [0.3, 0.4) is 0 Å². The zero-order valence-electron chi connectivity index (χ0n) is 14.7. The number of aromatic amines is 1. The molecule has 2 aromatic carbocycles.